The first-order chi connectivity index (χ1) is 6.24. The summed E-state index contributed by atoms with van der Waals surface area (Å²) in [6.07, 6.45) is 7.48. The average molecular weight is 177 g/mol. The number of hydrogen-bond donors (Lipinski definition) is 2. The zero-order valence-electron chi connectivity index (χ0n) is 7.42. The highest BCUT2D eigenvalue weighted by Gasteiger charge is 2.04. The molecule has 1 aromatic heterocycles. The van der Waals surface area contributed by atoms with E-state index < -0.39 is 0 Å². The molecule has 0 aliphatic carbocycles. The highest BCUT2D eigenvalue weighted by Crippen LogP contribution is 2.08. The number of carbonyl (C=O) groups is 1. The lowest BCUT2D eigenvalue weighted by atomic mass is 10.3. The van der Waals surface area contributed by atoms with Crippen molar-refractivity contribution in [3.05, 3.63) is 11.8 Å². The number of H-pyrrole nitrogens is 1. The fourth-order valence-electron chi connectivity index (χ4n) is 0.861. The van der Waals surface area contributed by atoms with Crippen LogP contribution in [0.3, 0.4) is 0 Å². The molecular weight excluding hydrogens is 166 g/mol. The van der Waals surface area contributed by atoms with Crippen molar-refractivity contribution < 1.29 is 4.79 Å². The number of amides is 1. The van der Waals surface area contributed by atoms with Gasteiger partial charge in [-0.2, -0.15) is 5.10 Å². The molecule has 0 radical (unpaired) electrons. The van der Waals surface area contributed by atoms with Gasteiger partial charge in [0.2, 0.25) is 5.91 Å². The first-order valence-electron chi connectivity index (χ1n) is 3.97. The predicted molar refractivity (Wildman–Crippen MR) is 50.0 cm³/mol. The molecule has 2 N–H and O–H groups in total. The minimum absolute atomic E-state index is 0.0923. The monoisotopic (exact) mass is 177 g/mol. The maximum atomic E-state index is 11.2. The molecule has 1 aromatic rings. The summed E-state index contributed by atoms with van der Waals surface area (Å²) in [5, 5.41) is 9.13. The van der Waals surface area contributed by atoms with Crippen LogP contribution in [0.4, 0.5) is 5.82 Å². The molecular formula is C9H11N3O. The first-order valence-corrected chi connectivity index (χ1v) is 3.97. The van der Waals surface area contributed by atoms with E-state index in [4.69, 9.17) is 6.42 Å². The van der Waals surface area contributed by atoms with Crippen LogP contribution in [0.5, 0.6) is 0 Å². The van der Waals surface area contributed by atoms with Gasteiger partial charge in [-0.1, -0.05) is 0 Å². The van der Waals surface area contributed by atoms with Gasteiger partial charge < -0.3 is 5.32 Å². The Hall–Kier alpha value is -1.76. The molecule has 0 bridgehead atoms. The Morgan fingerprint density at radius 3 is 3.15 bits per heavy atom. The van der Waals surface area contributed by atoms with Gasteiger partial charge in [-0.15, -0.1) is 12.3 Å². The van der Waals surface area contributed by atoms with Gasteiger partial charge in [-0.3, -0.25) is 9.89 Å². The first kappa shape index (κ1) is 9.33. The lowest BCUT2D eigenvalue weighted by Crippen LogP contribution is -2.11. The molecule has 13 heavy (non-hydrogen) atoms. The van der Waals surface area contributed by atoms with Crippen LogP contribution < -0.4 is 5.32 Å². The van der Waals surface area contributed by atoms with Crippen LogP contribution in [0.15, 0.2) is 6.20 Å². The van der Waals surface area contributed by atoms with Crippen LogP contribution in [0.1, 0.15) is 18.4 Å². The van der Waals surface area contributed by atoms with Gasteiger partial charge in [-0.05, 0) is 6.92 Å². The molecule has 0 saturated heterocycles. The minimum atomic E-state index is -0.0923. The molecule has 1 amide bonds. The number of nitrogens with zero attached hydrogens (tertiary/aromatic N) is 1. The largest absolute Gasteiger partial charge is 0.311 e. The maximum Gasteiger partial charge on any atom is 0.226 e. The fourth-order valence-corrected chi connectivity index (χ4v) is 0.861. The third-order valence-electron chi connectivity index (χ3n) is 1.59. The van der Waals surface area contributed by atoms with Crippen molar-refractivity contribution in [3.8, 4) is 12.3 Å². The molecule has 0 aromatic carbocycles. The number of nitrogens with one attached hydrogen (secondary N) is 2. The summed E-state index contributed by atoms with van der Waals surface area (Å²) < 4.78 is 0. The second kappa shape index (κ2) is 4.31. The molecule has 0 unspecified atom stereocenters. The Kier molecular flexibility index (Phi) is 3.09. The number of hydrogen-bond acceptors (Lipinski definition) is 2. The van der Waals surface area contributed by atoms with Gasteiger partial charge in [0, 0.05) is 18.4 Å². The molecule has 0 spiro atoms. The molecule has 0 atom stereocenters. The zero-order chi connectivity index (χ0) is 9.68. The van der Waals surface area contributed by atoms with Gasteiger partial charge in [0.15, 0.2) is 0 Å². The smallest absolute Gasteiger partial charge is 0.226 e. The van der Waals surface area contributed by atoms with Crippen LogP contribution >= 0.6 is 0 Å². The van der Waals surface area contributed by atoms with Gasteiger partial charge in [-0.25, -0.2) is 0 Å². The quantitative estimate of drug-likeness (QED) is 0.678. The zero-order valence-corrected chi connectivity index (χ0v) is 7.42. The highest BCUT2D eigenvalue weighted by atomic mass is 16.1. The number of rotatable bonds is 3. The molecule has 0 saturated carbocycles. The van der Waals surface area contributed by atoms with Crippen molar-refractivity contribution >= 4 is 11.7 Å². The van der Waals surface area contributed by atoms with Gasteiger partial charge in [0.25, 0.3) is 0 Å². The molecule has 4 nitrogen and oxygen atoms in total. The average Bonchev–Trinajstić information content (AvgIpc) is 2.48. The fraction of sp³-hybridized carbons (Fsp3) is 0.333. The number of anilines is 1. The Labute approximate surface area is 76.7 Å². The lowest BCUT2D eigenvalue weighted by Gasteiger charge is -2.00. The van der Waals surface area contributed by atoms with Gasteiger partial charge >= 0.3 is 0 Å². The van der Waals surface area contributed by atoms with E-state index in [1.807, 2.05) is 6.92 Å². The van der Waals surface area contributed by atoms with Crippen molar-refractivity contribution in [2.45, 2.75) is 19.8 Å². The van der Waals surface area contributed by atoms with Crippen molar-refractivity contribution in [1.82, 2.24) is 10.2 Å². The summed E-state index contributed by atoms with van der Waals surface area (Å²) >= 11 is 0. The summed E-state index contributed by atoms with van der Waals surface area (Å²) in [6, 6.07) is 0. The van der Waals surface area contributed by atoms with Crippen LogP contribution in [-0.2, 0) is 4.79 Å². The Balaban J connectivity index is 2.46. The summed E-state index contributed by atoms with van der Waals surface area (Å²) in [7, 11) is 0. The Morgan fingerprint density at radius 1 is 1.85 bits per heavy atom. The summed E-state index contributed by atoms with van der Waals surface area (Å²) in [5.41, 5.74) is 0.911. The van der Waals surface area contributed by atoms with Crippen LogP contribution in [-0.4, -0.2) is 16.1 Å². The standard InChI is InChI=1S/C9H11N3O/c1-3-4-5-8(13)11-9-7(2)6-10-12-9/h1,6H,4-5H2,2H3,(H2,10,11,12,13). The molecule has 1 heterocycles. The normalized spacial score (nSPS) is 9.23. The van der Waals surface area contributed by atoms with Gasteiger partial charge in [0.1, 0.15) is 5.82 Å². The van der Waals surface area contributed by atoms with Crippen molar-refractivity contribution in [2.75, 3.05) is 5.32 Å². The number of carbonyl (C=O) groups excluding carboxylic acids is 1. The summed E-state index contributed by atoms with van der Waals surface area (Å²) in [5.74, 6) is 2.95. The number of aryl methyl sites for hydroxylation is 1. The third-order valence-corrected chi connectivity index (χ3v) is 1.59. The van der Waals surface area contributed by atoms with E-state index in [-0.39, 0.29) is 5.91 Å². The second-order valence-electron chi connectivity index (χ2n) is 2.68. The molecule has 0 aliphatic rings. The minimum Gasteiger partial charge on any atom is -0.311 e. The van der Waals surface area contributed by atoms with E-state index in [0.29, 0.717) is 18.7 Å². The van der Waals surface area contributed by atoms with E-state index in [9.17, 15) is 4.79 Å². The number of aromatic amines is 1. The highest BCUT2D eigenvalue weighted by molar-refractivity contribution is 5.90. The van der Waals surface area contributed by atoms with Crippen LogP contribution in [0, 0.1) is 19.3 Å². The van der Waals surface area contributed by atoms with E-state index >= 15 is 0 Å². The lowest BCUT2D eigenvalue weighted by molar-refractivity contribution is -0.116. The maximum absolute atomic E-state index is 11.2. The number of aromatic nitrogens is 2. The predicted octanol–water partition coefficient (Wildman–Crippen LogP) is 1.07. The molecule has 0 aliphatic heterocycles. The van der Waals surface area contributed by atoms with Crippen LogP contribution in [0.2, 0.25) is 0 Å². The molecule has 0 fully saturated rings. The third kappa shape index (κ3) is 2.64. The number of terminal acetylenes is 1. The van der Waals surface area contributed by atoms with Crippen molar-refractivity contribution in [3.63, 3.8) is 0 Å². The Morgan fingerprint density at radius 2 is 2.62 bits per heavy atom. The topological polar surface area (TPSA) is 57.8 Å². The van der Waals surface area contributed by atoms with Crippen molar-refractivity contribution in [2.24, 2.45) is 0 Å². The van der Waals surface area contributed by atoms with E-state index in [1.165, 1.54) is 0 Å². The van der Waals surface area contributed by atoms with E-state index in [0.717, 1.165) is 5.56 Å². The SMILES string of the molecule is C#CCCC(=O)Nc1[nH]ncc1C. The molecule has 1 rings (SSSR count). The van der Waals surface area contributed by atoms with Crippen molar-refractivity contribution in [1.29, 1.82) is 0 Å². The summed E-state index contributed by atoms with van der Waals surface area (Å²) in [6.45, 7) is 1.86. The second-order valence-corrected chi connectivity index (χ2v) is 2.68. The van der Waals surface area contributed by atoms with E-state index in [1.54, 1.807) is 6.20 Å². The van der Waals surface area contributed by atoms with Gasteiger partial charge in [0.05, 0.1) is 6.20 Å². The van der Waals surface area contributed by atoms with Crippen LogP contribution in [0.25, 0.3) is 0 Å². The summed E-state index contributed by atoms with van der Waals surface area (Å²) in [4.78, 5) is 11.2. The molecule has 4 heteroatoms. The Bertz CT molecular complexity index is 335. The molecule has 68 valence electrons. The van der Waals surface area contributed by atoms with E-state index in [2.05, 4.69) is 21.4 Å².